The molecule has 2 rings (SSSR count). The fraction of sp³-hybridized carbons (Fsp3) is 0. The molecule has 2 N–H and O–H groups in total. The Morgan fingerprint density at radius 1 is 1.40 bits per heavy atom. The van der Waals surface area contributed by atoms with Gasteiger partial charge in [0.15, 0.2) is 0 Å². The van der Waals surface area contributed by atoms with Crippen LogP contribution in [0.4, 0.5) is 5.69 Å². The van der Waals surface area contributed by atoms with Crippen LogP contribution in [0.2, 0.25) is 0 Å². The monoisotopic (exact) mass is 133 g/mol. The number of nitrogens with zero attached hydrogens (tertiary/aromatic N) is 1. The molecule has 10 heavy (non-hydrogen) atoms. The van der Waals surface area contributed by atoms with E-state index in [9.17, 15) is 0 Å². The van der Waals surface area contributed by atoms with Crippen LogP contribution in [0.3, 0.4) is 0 Å². The normalized spacial score (nSPS) is 13.2. The van der Waals surface area contributed by atoms with Gasteiger partial charge < -0.3 is 5.43 Å². The van der Waals surface area contributed by atoms with Gasteiger partial charge in [0.25, 0.3) is 0 Å². The summed E-state index contributed by atoms with van der Waals surface area (Å²) in [5, 5.41) is 0. The first-order valence-corrected chi connectivity index (χ1v) is 3.10. The van der Waals surface area contributed by atoms with E-state index in [0.717, 1.165) is 11.4 Å². The van der Waals surface area contributed by atoms with E-state index in [1.54, 1.807) is 6.20 Å². The van der Waals surface area contributed by atoms with E-state index < -0.39 is 0 Å². The molecule has 0 saturated carbocycles. The Morgan fingerprint density at radius 2 is 2.40 bits per heavy atom. The van der Waals surface area contributed by atoms with Gasteiger partial charge in [0.2, 0.25) is 0 Å². The van der Waals surface area contributed by atoms with Gasteiger partial charge in [-0.05, 0) is 18.2 Å². The highest BCUT2D eigenvalue weighted by Crippen LogP contribution is 2.14. The van der Waals surface area contributed by atoms with Crippen LogP contribution in [0.25, 0.3) is 6.08 Å². The van der Waals surface area contributed by atoms with E-state index >= 15 is 0 Å². The topological polar surface area (TPSA) is 37.0 Å². The molecule has 1 aromatic heterocycles. The minimum Gasteiger partial charge on any atom is -0.308 e. The second-order valence-electron chi connectivity index (χ2n) is 2.04. The number of fused-ring (bicyclic) bond motifs is 1. The molecule has 1 aliphatic rings. The Morgan fingerprint density at radius 3 is 3.30 bits per heavy atom. The third-order valence-electron chi connectivity index (χ3n) is 1.37. The molecule has 50 valence electrons. The van der Waals surface area contributed by atoms with E-state index in [1.807, 2.05) is 24.4 Å². The van der Waals surface area contributed by atoms with Crippen molar-refractivity contribution in [3.63, 3.8) is 0 Å². The second-order valence-corrected chi connectivity index (χ2v) is 2.04. The van der Waals surface area contributed by atoms with Crippen molar-refractivity contribution < 1.29 is 0 Å². The van der Waals surface area contributed by atoms with Crippen molar-refractivity contribution in [2.24, 2.45) is 0 Å². The Bertz CT molecular complexity index is 267. The molecule has 0 radical (unpaired) electrons. The lowest BCUT2D eigenvalue weighted by atomic mass is 10.3. The minimum atomic E-state index is 0.973. The van der Waals surface area contributed by atoms with Crippen LogP contribution in [-0.4, -0.2) is 4.98 Å². The molecule has 0 aliphatic carbocycles. The molecule has 0 unspecified atom stereocenters. The van der Waals surface area contributed by atoms with E-state index in [4.69, 9.17) is 0 Å². The summed E-state index contributed by atoms with van der Waals surface area (Å²) < 4.78 is 0. The summed E-state index contributed by atoms with van der Waals surface area (Å²) in [6.45, 7) is 0. The average molecular weight is 133 g/mol. The van der Waals surface area contributed by atoms with Crippen molar-refractivity contribution >= 4 is 11.8 Å². The summed E-state index contributed by atoms with van der Waals surface area (Å²) in [5.74, 6) is 0. The van der Waals surface area contributed by atoms with Crippen LogP contribution in [-0.2, 0) is 0 Å². The Kier molecular flexibility index (Phi) is 1.07. The summed E-state index contributed by atoms with van der Waals surface area (Å²) in [6.07, 6.45) is 5.51. The average Bonchev–Trinajstić information content (AvgIpc) is 2.05. The molecule has 0 amide bonds. The van der Waals surface area contributed by atoms with E-state index in [2.05, 4.69) is 15.8 Å². The van der Waals surface area contributed by atoms with Crippen LogP contribution in [0, 0.1) is 0 Å². The molecular formula is C7H7N3. The van der Waals surface area contributed by atoms with Crippen LogP contribution in [0.5, 0.6) is 0 Å². The first-order chi connectivity index (χ1) is 4.97. The lowest BCUT2D eigenvalue weighted by Gasteiger charge is -2.11. The molecule has 1 aromatic rings. The van der Waals surface area contributed by atoms with Gasteiger partial charge in [-0.1, -0.05) is 0 Å². The molecule has 0 saturated heterocycles. The Balaban J connectivity index is 2.54. The molecule has 0 spiro atoms. The molecule has 3 nitrogen and oxygen atoms in total. The highest BCUT2D eigenvalue weighted by atomic mass is 15.4. The first kappa shape index (κ1) is 5.29. The number of nitrogens with one attached hydrogen (secondary N) is 2. The highest BCUT2D eigenvalue weighted by molar-refractivity contribution is 5.64. The smallest absolute Gasteiger partial charge is 0.0893 e. The maximum atomic E-state index is 4.13. The standard InChI is InChI=1S/C7H7N3/c1-2-7-6(8-4-1)3-5-9-10-7/h1-5,9-10H. The summed E-state index contributed by atoms with van der Waals surface area (Å²) >= 11 is 0. The van der Waals surface area contributed by atoms with Gasteiger partial charge in [-0.2, -0.15) is 0 Å². The molecule has 3 heteroatoms. The first-order valence-electron chi connectivity index (χ1n) is 3.10. The van der Waals surface area contributed by atoms with Crippen molar-refractivity contribution in [2.75, 3.05) is 5.43 Å². The van der Waals surface area contributed by atoms with Crippen LogP contribution >= 0.6 is 0 Å². The molecule has 0 atom stereocenters. The molecule has 0 aromatic carbocycles. The van der Waals surface area contributed by atoms with Gasteiger partial charge in [-0.3, -0.25) is 10.4 Å². The summed E-state index contributed by atoms with van der Waals surface area (Å²) in [7, 11) is 0. The maximum absolute atomic E-state index is 4.13. The lowest BCUT2D eigenvalue weighted by molar-refractivity contribution is 1.03. The SMILES string of the molecule is C1=Cc2ncccc2NN1. The van der Waals surface area contributed by atoms with E-state index in [1.165, 1.54) is 0 Å². The lowest BCUT2D eigenvalue weighted by Crippen LogP contribution is -2.18. The third-order valence-corrected chi connectivity index (χ3v) is 1.37. The van der Waals surface area contributed by atoms with Crippen molar-refractivity contribution in [1.82, 2.24) is 10.4 Å². The summed E-state index contributed by atoms with van der Waals surface area (Å²) in [4.78, 5) is 4.13. The number of rotatable bonds is 0. The van der Waals surface area contributed by atoms with Gasteiger partial charge in [-0.25, -0.2) is 0 Å². The largest absolute Gasteiger partial charge is 0.308 e. The van der Waals surface area contributed by atoms with Crippen molar-refractivity contribution in [1.29, 1.82) is 0 Å². The summed E-state index contributed by atoms with van der Waals surface area (Å²) in [5.41, 5.74) is 7.83. The van der Waals surface area contributed by atoms with Gasteiger partial charge in [0.05, 0.1) is 11.4 Å². The Hall–Kier alpha value is -1.51. The number of hydrogen-bond acceptors (Lipinski definition) is 3. The fourth-order valence-corrected chi connectivity index (χ4v) is 0.896. The Labute approximate surface area is 58.8 Å². The zero-order valence-electron chi connectivity index (χ0n) is 5.33. The molecule has 0 bridgehead atoms. The molecule has 2 heterocycles. The quantitative estimate of drug-likeness (QED) is 0.554. The van der Waals surface area contributed by atoms with Gasteiger partial charge >= 0.3 is 0 Å². The number of hydrogen-bond donors (Lipinski definition) is 2. The fourth-order valence-electron chi connectivity index (χ4n) is 0.896. The van der Waals surface area contributed by atoms with Crippen LogP contribution < -0.4 is 10.9 Å². The predicted octanol–water partition coefficient (Wildman–Crippen LogP) is 0.982. The van der Waals surface area contributed by atoms with Crippen LogP contribution in [0.1, 0.15) is 5.69 Å². The van der Waals surface area contributed by atoms with Crippen molar-refractivity contribution in [3.8, 4) is 0 Å². The van der Waals surface area contributed by atoms with Gasteiger partial charge in [0, 0.05) is 12.4 Å². The number of pyridine rings is 1. The number of hydrazine groups is 1. The van der Waals surface area contributed by atoms with E-state index in [-0.39, 0.29) is 0 Å². The third kappa shape index (κ3) is 0.719. The summed E-state index contributed by atoms with van der Waals surface area (Å²) in [6, 6.07) is 3.87. The molecule has 0 fully saturated rings. The zero-order valence-corrected chi connectivity index (χ0v) is 5.33. The van der Waals surface area contributed by atoms with Gasteiger partial charge in [-0.15, -0.1) is 0 Å². The minimum absolute atomic E-state index is 0.973. The highest BCUT2D eigenvalue weighted by Gasteiger charge is 2.00. The van der Waals surface area contributed by atoms with Crippen molar-refractivity contribution in [3.05, 3.63) is 30.2 Å². The van der Waals surface area contributed by atoms with Crippen molar-refractivity contribution in [2.45, 2.75) is 0 Å². The second kappa shape index (κ2) is 2.02. The number of aromatic nitrogens is 1. The number of anilines is 1. The zero-order chi connectivity index (χ0) is 6.81. The van der Waals surface area contributed by atoms with E-state index in [0.29, 0.717) is 0 Å². The van der Waals surface area contributed by atoms with Gasteiger partial charge in [0.1, 0.15) is 0 Å². The maximum Gasteiger partial charge on any atom is 0.0893 e. The predicted molar refractivity (Wildman–Crippen MR) is 40.0 cm³/mol. The van der Waals surface area contributed by atoms with Crippen LogP contribution in [0.15, 0.2) is 24.5 Å². The molecule has 1 aliphatic heterocycles. The molecular weight excluding hydrogens is 126 g/mol.